The molecule has 2 aromatic carbocycles. The molecule has 10 heteroatoms. The van der Waals surface area contributed by atoms with Crippen molar-refractivity contribution in [3.05, 3.63) is 53.6 Å². The lowest BCUT2D eigenvalue weighted by Gasteiger charge is -2.12. The maximum absolute atomic E-state index is 12.7. The van der Waals surface area contributed by atoms with Crippen LogP contribution in [-0.4, -0.2) is 39.8 Å². The Balaban J connectivity index is 1.96. The van der Waals surface area contributed by atoms with Crippen molar-refractivity contribution in [1.82, 2.24) is 0 Å². The van der Waals surface area contributed by atoms with Gasteiger partial charge in [-0.2, -0.15) is 13.2 Å². The summed E-state index contributed by atoms with van der Waals surface area (Å²) in [6, 6.07) is 7.31. The Hall–Kier alpha value is -3.69. The van der Waals surface area contributed by atoms with Gasteiger partial charge in [0.05, 0.1) is 26.9 Å². The highest BCUT2D eigenvalue weighted by Crippen LogP contribution is 2.38. The summed E-state index contributed by atoms with van der Waals surface area (Å²) in [6.07, 6.45) is -2.04. The van der Waals surface area contributed by atoms with Crippen molar-refractivity contribution in [1.29, 1.82) is 0 Å². The van der Waals surface area contributed by atoms with Gasteiger partial charge in [0.25, 0.3) is 5.91 Å². The summed E-state index contributed by atoms with van der Waals surface area (Å²) in [7, 11) is 4.35. The average Bonchev–Trinajstić information content (AvgIpc) is 2.74. The molecular formula is C21H20F3NO6. The fraction of sp³-hybridized carbons (Fsp3) is 0.238. The zero-order chi connectivity index (χ0) is 23.0. The van der Waals surface area contributed by atoms with E-state index in [2.05, 4.69) is 5.32 Å². The molecule has 0 unspecified atom stereocenters. The molecule has 0 bridgehead atoms. The molecule has 0 aliphatic carbocycles. The highest BCUT2D eigenvalue weighted by atomic mass is 19.4. The van der Waals surface area contributed by atoms with E-state index < -0.39 is 30.2 Å². The molecule has 0 aliphatic rings. The van der Waals surface area contributed by atoms with Crippen LogP contribution in [0.4, 0.5) is 18.9 Å². The second-order valence-electron chi connectivity index (χ2n) is 6.03. The van der Waals surface area contributed by atoms with E-state index in [1.807, 2.05) is 0 Å². The van der Waals surface area contributed by atoms with E-state index in [0.29, 0.717) is 22.8 Å². The molecule has 2 rings (SSSR count). The van der Waals surface area contributed by atoms with E-state index in [9.17, 15) is 22.8 Å². The largest absolute Gasteiger partial charge is 0.493 e. The SMILES string of the molecule is COc1cc(/C=C/C(=O)OCC(=O)Nc2cccc(C(F)(F)F)c2)cc(OC)c1OC. The Morgan fingerprint density at radius 1 is 1.00 bits per heavy atom. The molecule has 0 radical (unpaired) electrons. The van der Waals surface area contributed by atoms with Crippen LogP contribution in [-0.2, 0) is 20.5 Å². The van der Waals surface area contributed by atoms with Crippen molar-refractivity contribution in [2.75, 3.05) is 33.3 Å². The number of nitrogens with one attached hydrogen (secondary N) is 1. The summed E-state index contributed by atoms with van der Waals surface area (Å²) in [6.45, 7) is -0.672. The highest BCUT2D eigenvalue weighted by molar-refractivity contribution is 5.94. The predicted molar refractivity (Wildman–Crippen MR) is 106 cm³/mol. The van der Waals surface area contributed by atoms with Gasteiger partial charge in [-0.15, -0.1) is 0 Å². The Bertz CT molecular complexity index is 947. The quantitative estimate of drug-likeness (QED) is 0.496. The fourth-order valence-corrected chi connectivity index (χ4v) is 2.52. The predicted octanol–water partition coefficient (Wildman–Crippen LogP) is 3.93. The molecule has 0 heterocycles. The average molecular weight is 439 g/mol. The van der Waals surface area contributed by atoms with Gasteiger partial charge >= 0.3 is 12.1 Å². The normalized spacial score (nSPS) is 11.2. The number of methoxy groups -OCH3 is 3. The smallest absolute Gasteiger partial charge is 0.416 e. The lowest BCUT2D eigenvalue weighted by Crippen LogP contribution is -2.20. The number of amides is 1. The molecule has 0 saturated heterocycles. The minimum absolute atomic E-state index is 0.0659. The molecule has 166 valence electrons. The van der Waals surface area contributed by atoms with Gasteiger partial charge in [-0.05, 0) is 42.0 Å². The third kappa shape index (κ3) is 6.66. The van der Waals surface area contributed by atoms with E-state index in [1.54, 1.807) is 12.1 Å². The summed E-state index contributed by atoms with van der Waals surface area (Å²) in [4.78, 5) is 23.7. The van der Waals surface area contributed by atoms with Gasteiger partial charge in [0, 0.05) is 11.8 Å². The Kier molecular flexibility index (Phi) is 7.89. The monoisotopic (exact) mass is 439 g/mol. The van der Waals surface area contributed by atoms with Crippen LogP contribution in [0.2, 0.25) is 0 Å². The van der Waals surface area contributed by atoms with Crippen LogP contribution in [0.25, 0.3) is 6.08 Å². The van der Waals surface area contributed by atoms with Gasteiger partial charge in [0.2, 0.25) is 5.75 Å². The van der Waals surface area contributed by atoms with Crippen molar-refractivity contribution in [2.45, 2.75) is 6.18 Å². The number of rotatable bonds is 8. The van der Waals surface area contributed by atoms with Crippen molar-refractivity contribution >= 4 is 23.6 Å². The highest BCUT2D eigenvalue weighted by Gasteiger charge is 2.30. The van der Waals surface area contributed by atoms with Crippen LogP contribution in [0.1, 0.15) is 11.1 Å². The maximum Gasteiger partial charge on any atom is 0.416 e. The third-order valence-electron chi connectivity index (χ3n) is 3.92. The van der Waals surface area contributed by atoms with E-state index >= 15 is 0 Å². The zero-order valence-corrected chi connectivity index (χ0v) is 16.9. The van der Waals surface area contributed by atoms with Crippen molar-refractivity contribution in [3.63, 3.8) is 0 Å². The second-order valence-corrected chi connectivity index (χ2v) is 6.03. The number of carbonyl (C=O) groups excluding carboxylic acids is 2. The van der Waals surface area contributed by atoms with Crippen molar-refractivity contribution < 1.29 is 41.7 Å². The van der Waals surface area contributed by atoms with E-state index in [0.717, 1.165) is 24.3 Å². The number of ether oxygens (including phenoxy) is 4. The zero-order valence-electron chi connectivity index (χ0n) is 16.9. The van der Waals surface area contributed by atoms with Gasteiger partial charge in [-0.3, -0.25) is 4.79 Å². The van der Waals surface area contributed by atoms with Crippen LogP contribution >= 0.6 is 0 Å². The van der Waals surface area contributed by atoms with Crippen LogP contribution in [0.5, 0.6) is 17.2 Å². The lowest BCUT2D eigenvalue weighted by atomic mass is 10.1. The van der Waals surface area contributed by atoms with E-state index in [1.165, 1.54) is 33.5 Å². The topological polar surface area (TPSA) is 83.1 Å². The Morgan fingerprint density at radius 2 is 1.65 bits per heavy atom. The van der Waals surface area contributed by atoms with Crippen molar-refractivity contribution in [3.8, 4) is 17.2 Å². The van der Waals surface area contributed by atoms with E-state index in [4.69, 9.17) is 18.9 Å². The Morgan fingerprint density at radius 3 is 2.19 bits per heavy atom. The minimum Gasteiger partial charge on any atom is -0.493 e. The maximum atomic E-state index is 12.7. The first-order valence-corrected chi connectivity index (χ1v) is 8.80. The molecular weight excluding hydrogens is 419 g/mol. The molecule has 1 amide bonds. The van der Waals surface area contributed by atoms with Gasteiger partial charge in [0.1, 0.15) is 0 Å². The molecule has 0 atom stereocenters. The Labute approximate surface area is 176 Å². The summed E-state index contributed by atoms with van der Waals surface area (Å²) >= 11 is 0. The first-order valence-electron chi connectivity index (χ1n) is 8.80. The van der Waals surface area contributed by atoms with Crippen LogP contribution < -0.4 is 19.5 Å². The third-order valence-corrected chi connectivity index (χ3v) is 3.92. The number of alkyl halides is 3. The molecule has 0 spiro atoms. The molecule has 0 aromatic heterocycles. The summed E-state index contributed by atoms with van der Waals surface area (Å²) in [5.74, 6) is -0.455. The summed E-state index contributed by atoms with van der Waals surface area (Å²) < 4.78 is 58.6. The number of halogens is 3. The minimum atomic E-state index is -4.54. The number of carbonyl (C=O) groups is 2. The number of hydrogen-bond donors (Lipinski definition) is 1. The molecule has 0 aliphatic heterocycles. The number of benzene rings is 2. The first kappa shape index (κ1) is 23.6. The molecule has 31 heavy (non-hydrogen) atoms. The van der Waals surface area contributed by atoms with Gasteiger partial charge in [0.15, 0.2) is 18.1 Å². The van der Waals surface area contributed by atoms with Gasteiger partial charge in [-0.1, -0.05) is 6.07 Å². The van der Waals surface area contributed by atoms with Gasteiger partial charge < -0.3 is 24.3 Å². The van der Waals surface area contributed by atoms with E-state index in [-0.39, 0.29) is 5.69 Å². The van der Waals surface area contributed by atoms with Crippen LogP contribution in [0.15, 0.2) is 42.5 Å². The fourth-order valence-electron chi connectivity index (χ4n) is 2.52. The molecule has 0 fully saturated rings. The second kappa shape index (κ2) is 10.4. The summed E-state index contributed by atoms with van der Waals surface area (Å²) in [5, 5.41) is 2.24. The first-order chi connectivity index (χ1) is 14.7. The van der Waals surface area contributed by atoms with Crippen molar-refractivity contribution in [2.24, 2.45) is 0 Å². The van der Waals surface area contributed by atoms with Crippen LogP contribution in [0.3, 0.4) is 0 Å². The molecule has 7 nitrogen and oxygen atoms in total. The molecule has 0 saturated carbocycles. The number of esters is 1. The number of hydrogen-bond acceptors (Lipinski definition) is 6. The standard InChI is InChI=1S/C21H20F3NO6/c1-28-16-9-13(10-17(29-2)20(16)30-3)7-8-19(27)31-12-18(26)25-15-6-4-5-14(11-15)21(22,23)24/h4-11H,12H2,1-3H3,(H,25,26)/b8-7+. The molecule has 2 aromatic rings. The summed E-state index contributed by atoms with van der Waals surface area (Å²) in [5.41, 5.74) is -0.431. The van der Waals surface area contributed by atoms with Gasteiger partial charge in [-0.25, -0.2) is 4.79 Å². The lowest BCUT2D eigenvalue weighted by molar-refractivity contribution is -0.142. The van der Waals surface area contributed by atoms with Crippen LogP contribution in [0, 0.1) is 0 Å². The number of anilines is 1. The molecule has 1 N–H and O–H groups in total.